The third-order valence-corrected chi connectivity index (χ3v) is 2.49. The van der Waals surface area contributed by atoms with Gasteiger partial charge in [0.2, 0.25) is 5.91 Å². The molecule has 0 saturated carbocycles. The summed E-state index contributed by atoms with van der Waals surface area (Å²) >= 11 is 0. The quantitative estimate of drug-likeness (QED) is 0.634. The molecule has 2 atom stereocenters. The molecule has 0 fully saturated rings. The Morgan fingerprint density at radius 3 is 2.29 bits per heavy atom. The molecule has 6 nitrogen and oxygen atoms in total. The van der Waals surface area contributed by atoms with Crippen LogP contribution >= 0.6 is 0 Å². The van der Waals surface area contributed by atoms with Crippen molar-refractivity contribution in [1.29, 1.82) is 0 Å². The summed E-state index contributed by atoms with van der Waals surface area (Å²) in [5.41, 5.74) is 0. The third-order valence-electron chi connectivity index (χ3n) is 2.49. The van der Waals surface area contributed by atoms with Crippen molar-refractivity contribution in [1.82, 2.24) is 5.32 Å². The molecule has 0 aromatic heterocycles. The van der Waals surface area contributed by atoms with E-state index in [2.05, 4.69) is 10.1 Å². The molecule has 0 aliphatic carbocycles. The normalized spacial score (nSPS) is 13.6. The van der Waals surface area contributed by atoms with Gasteiger partial charge in [0.05, 0.1) is 18.9 Å². The summed E-state index contributed by atoms with van der Waals surface area (Å²) in [6.07, 6.45) is 0.0910. The Kier molecular flexibility index (Phi) is 6.93. The lowest BCUT2D eigenvalue weighted by atomic mass is 9.95. The first-order chi connectivity index (χ1) is 7.90. The molecule has 0 aromatic carbocycles. The fourth-order valence-electron chi connectivity index (χ4n) is 1.12. The summed E-state index contributed by atoms with van der Waals surface area (Å²) in [6, 6.07) is 0. The highest BCUT2D eigenvalue weighted by molar-refractivity contribution is 5.84. The highest BCUT2D eigenvalue weighted by Crippen LogP contribution is 2.10. The van der Waals surface area contributed by atoms with Gasteiger partial charge in [-0.1, -0.05) is 13.8 Å². The van der Waals surface area contributed by atoms with Crippen molar-refractivity contribution >= 4 is 17.8 Å². The Morgan fingerprint density at radius 1 is 1.24 bits per heavy atom. The highest BCUT2D eigenvalue weighted by atomic mass is 16.5. The number of carbonyl (C=O) groups is 3. The van der Waals surface area contributed by atoms with E-state index >= 15 is 0 Å². The predicted octanol–water partition coefficient (Wildman–Crippen LogP) is 0.413. The third kappa shape index (κ3) is 5.89. The van der Waals surface area contributed by atoms with Gasteiger partial charge in [0, 0.05) is 12.5 Å². The molecule has 0 aliphatic heterocycles. The van der Waals surface area contributed by atoms with Crippen molar-refractivity contribution in [3.8, 4) is 0 Å². The average Bonchev–Trinajstić information content (AvgIpc) is 2.27. The number of amides is 1. The predicted molar refractivity (Wildman–Crippen MR) is 60.2 cm³/mol. The molecule has 0 aliphatic rings. The number of carboxylic acid groups (broad SMARTS) is 1. The number of esters is 1. The zero-order valence-corrected chi connectivity index (χ0v) is 10.4. The lowest BCUT2D eigenvalue weighted by Gasteiger charge is -2.15. The van der Waals surface area contributed by atoms with Crippen molar-refractivity contribution in [2.24, 2.45) is 11.8 Å². The van der Waals surface area contributed by atoms with Crippen LogP contribution in [0.2, 0.25) is 0 Å². The minimum absolute atomic E-state index is 0.0910. The maximum absolute atomic E-state index is 11.5. The van der Waals surface area contributed by atoms with E-state index in [0.29, 0.717) is 6.61 Å². The SMILES string of the molecule is CCOC(=O)CCNC(=O)C(C)C(C)C(=O)O. The molecule has 0 saturated heterocycles. The Hall–Kier alpha value is -1.59. The molecular weight excluding hydrogens is 226 g/mol. The summed E-state index contributed by atoms with van der Waals surface area (Å²) in [6.45, 7) is 5.18. The molecule has 0 bridgehead atoms. The molecule has 1 amide bonds. The van der Waals surface area contributed by atoms with E-state index in [1.54, 1.807) is 13.8 Å². The molecule has 98 valence electrons. The summed E-state index contributed by atoms with van der Waals surface area (Å²) in [7, 11) is 0. The van der Waals surface area contributed by atoms with Crippen LogP contribution in [0.5, 0.6) is 0 Å². The summed E-state index contributed by atoms with van der Waals surface area (Å²) in [5, 5.41) is 11.2. The summed E-state index contributed by atoms with van der Waals surface area (Å²) < 4.78 is 4.69. The van der Waals surface area contributed by atoms with Gasteiger partial charge in [-0.25, -0.2) is 0 Å². The van der Waals surface area contributed by atoms with Crippen LogP contribution in [0.15, 0.2) is 0 Å². The van der Waals surface area contributed by atoms with Crippen LogP contribution in [-0.2, 0) is 19.1 Å². The number of nitrogens with one attached hydrogen (secondary N) is 1. The second-order valence-corrected chi connectivity index (χ2v) is 3.76. The van der Waals surface area contributed by atoms with Gasteiger partial charge in [0.1, 0.15) is 0 Å². The number of ether oxygens (including phenoxy) is 1. The molecular formula is C11H19NO5. The van der Waals surface area contributed by atoms with Gasteiger partial charge in [-0.3, -0.25) is 14.4 Å². The maximum atomic E-state index is 11.5. The van der Waals surface area contributed by atoms with E-state index in [1.165, 1.54) is 6.92 Å². The van der Waals surface area contributed by atoms with Crippen LogP contribution in [0.1, 0.15) is 27.2 Å². The first-order valence-corrected chi connectivity index (χ1v) is 5.56. The zero-order chi connectivity index (χ0) is 13.4. The van der Waals surface area contributed by atoms with Gasteiger partial charge in [-0.2, -0.15) is 0 Å². The van der Waals surface area contributed by atoms with E-state index < -0.39 is 17.8 Å². The Bertz CT molecular complexity index is 290. The molecule has 0 rings (SSSR count). The fourth-order valence-corrected chi connectivity index (χ4v) is 1.12. The number of carboxylic acids is 1. The van der Waals surface area contributed by atoms with Crippen molar-refractivity contribution in [2.75, 3.05) is 13.2 Å². The lowest BCUT2D eigenvalue weighted by molar-refractivity contribution is -0.146. The smallest absolute Gasteiger partial charge is 0.307 e. The van der Waals surface area contributed by atoms with Crippen LogP contribution in [-0.4, -0.2) is 36.1 Å². The monoisotopic (exact) mass is 245 g/mol. The standard InChI is InChI=1S/C11H19NO5/c1-4-17-9(13)5-6-12-10(14)7(2)8(3)11(15)16/h7-8H,4-6H2,1-3H3,(H,12,14)(H,15,16). The Balaban J connectivity index is 3.94. The largest absolute Gasteiger partial charge is 0.481 e. The van der Waals surface area contributed by atoms with E-state index in [4.69, 9.17) is 5.11 Å². The number of hydrogen-bond acceptors (Lipinski definition) is 4. The number of carbonyl (C=O) groups excluding carboxylic acids is 2. The summed E-state index contributed by atoms with van der Waals surface area (Å²) in [5.74, 6) is -3.15. The zero-order valence-electron chi connectivity index (χ0n) is 10.4. The van der Waals surface area contributed by atoms with Crippen molar-refractivity contribution in [2.45, 2.75) is 27.2 Å². The molecule has 0 spiro atoms. The molecule has 6 heteroatoms. The number of rotatable bonds is 7. The van der Waals surface area contributed by atoms with Gasteiger partial charge in [0.15, 0.2) is 0 Å². The van der Waals surface area contributed by atoms with Crippen LogP contribution in [0.4, 0.5) is 0 Å². The second-order valence-electron chi connectivity index (χ2n) is 3.76. The van der Waals surface area contributed by atoms with E-state index in [0.717, 1.165) is 0 Å². The molecule has 17 heavy (non-hydrogen) atoms. The van der Waals surface area contributed by atoms with Gasteiger partial charge < -0.3 is 15.2 Å². The maximum Gasteiger partial charge on any atom is 0.307 e. The second kappa shape index (κ2) is 7.65. The van der Waals surface area contributed by atoms with E-state index in [-0.39, 0.29) is 24.8 Å². The first kappa shape index (κ1) is 15.4. The van der Waals surface area contributed by atoms with Gasteiger partial charge in [0.25, 0.3) is 0 Å². The van der Waals surface area contributed by atoms with Gasteiger partial charge in [-0.15, -0.1) is 0 Å². The van der Waals surface area contributed by atoms with Crippen molar-refractivity contribution < 1.29 is 24.2 Å². The van der Waals surface area contributed by atoms with E-state index in [1.807, 2.05) is 0 Å². The molecule has 2 N–H and O–H groups in total. The van der Waals surface area contributed by atoms with Gasteiger partial charge >= 0.3 is 11.9 Å². The minimum atomic E-state index is -1.02. The molecule has 0 aromatic rings. The highest BCUT2D eigenvalue weighted by Gasteiger charge is 2.25. The molecule has 2 unspecified atom stereocenters. The summed E-state index contributed by atoms with van der Waals surface area (Å²) in [4.78, 5) is 33.1. The Labute approximate surface area is 100 Å². The molecule has 0 heterocycles. The van der Waals surface area contributed by atoms with Crippen LogP contribution in [0.25, 0.3) is 0 Å². The number of aliphatic carboxylic acids is 1. The van der Waals surface area contributed by atoms with Crippen LogP contribution in [0.3, 0.4) is 0 Å². The topological polar surface area (TPSA) is 92.7 Å². The van der Waals surface area contributed by atoms with Gasteiger partial charge in [-0.05, 0) is 6.92 Å². The van der Waals surface area contributed by atoms with Crippen molar-refractivity contribution in [3.05, 3.63) is 0 Å². The first-order valence-electron chi connectivity index (χ1n) is 5.56. The minimum Gasteiger partial charge on any atom is -0.481 e. The molecule has 0 radical (unpaired) electrons. The average molecular weight is 245 g/mol. The lowest BCUT2D eigenvalue weighted by Crippen LogP contribution is -2.36. The Morgan fingerprint density at radius 2 is 1.82 bits per heavy atom. The van der Waals surface area contributed by atoms with Crippen molar-refractivity contribution in [3.63, 3.8) is 0 Å². The fraction of sp³-hybridized carbons (Fsp3) is 0.727. The number of hydrogen-bond donors (Lipinski definition) is 2. The van der Waals surface area contributed by atoms with E-state index in [9.17, 15) is 14.4 Å². The van der Waals surface area contributed by atoms with Crippen LogP contribution in [0, 0.1) is 11.8 Å². The van der Waals surface area contributed by atoms with Crippen LogP contribution < -0.4 is 5.32 Å².